The summed E-state index contributed by atoms with van der Waals surface area (Å²) in [7, 11) is 0. The topological polar surface area (TPSA) is 153 Å². The number of piperidine rings is 1. The predicted molar refractivity (Wildman–Crippen MR) is 134 cm³/mol. The standard InChI is InChI=1S/C26H33N3O10/c1-25(2,3)37-23(33)36-21-17(13-35-22(32)27-14-7-9-15(30)10-8-14)16-11-12-28(19-18(16)29(21)20(19)31)39-24(34)38-26(4,5)6/h7-10,16,18-19,30H,11-13H2,1-6H3,(H,27,32)/t16?,18-,19+/m1/s1. The third-order valence-electron chi connectivity index (χ3n) is 6.06. The molecule has 3 heterocycles. The molecule has 2 amide bonds. The lowest BCUT2D eigenvalue weighted by Gasteiger charge is -2.51. The van der Waals surface area contributed by atoms with Crippen molar-refractivity contribution in [1.29, 1.82) is 0 Å². The van der Waals surface area contributed by atoms with Gasteiger partial charge in [0, 0.05) is 23.7 Å². The molecule has 39 heavy (non-hydrogen) atoms. The molecular weight excluding hydrogens is 514 g/mol. The first-order valence-corrected chi connectivity index (χ1v) is 12.5. The molecule has 13 heteroatoms. The number of β-lactam (4-membered cyclic amide) rings is 1. The van der Waals surface area contributed by atoms with E-state index in [0.29, 0.717) is 17.7 Å². The molecule has 1 aromatic carbocycles. The zero-order valence-corrected chi connectivity index (χ0v) is 22.7. The highest BCUT2D eigenvalue weighted by Crippen LogP contribution is 2.49. The summed E-state index contributed by atoms with van der Waals surface area (Å²) >= 11 is 0. The van der Waals surface area contributed by atoms with Gasteiger partial charge >= 0.3 is 18.4 Å². The Morgan fingerprint density at radius 2 is 1.62 bits per heavy atom. The van der Waals surface area contributed by atoms with Gasteiger partial charge in [-0.3, -0.25) is 15.0 Å². The summed E-state index contributed by atoms with van der Waals surface area (Å²) < 4.78 is 21.4. The number of rotatable bonds is 5. The summed E-state index contributed by atoms with van der Waals surface area (Å²) in [6.07, 6.45) is -2.32. The van der Waals surface area contributed by atoms with E-state index in [1.165, 1.54) is 34.2 Å². The minimum atomic E-state index is -1.01. The van der Waals surface area contributed by atoms with E-state index in [2.05, 4.69) is 5.32 Å². The molecule has 2 saturated heterocycles. The Labute approximate surface area is 225 Å². The number of amides is 2. The van der Waals surface area contributed by atoms with Crippen molar-refractivity contribution in [3.63, 3.8) is 0 Å². The number of hydrogen-bond donors (Lipinski definition) is 2. The normalized spacial score (nSPS) is 22.5. The molecule has 3 aliphatic rings. The summed E-state index contributed by atoms with van der Waals surface area (Å²) in [5, 5.41) is 13.2. The van der Waals surface area contributed by atoms with Gasteiger partial charge in [-0.05, 0) is 72.2 Å². The van der Waals surface area contributed by atoms with Crippen LogP contribution in [0, 0.1) is 5.92 Å². The average molecular weight is 548 g/mol. The fourth-order valence-electron chi connectivity index (χ4n) is 4.64. The minimum absolute atomic E-state index is 0.0414. The van der Waals surface area contributed by atoms with E-state index in [4.69, 9.17) is 23.8 Å². The van der Waals surface area contributed by atoms with Crippen LogP contribution in [0.5, 0.6) is 5.75 Å². The molecule has 3 aliphatic heterocycles. The maximum absolute atomic E-state index is 13.2. The summed E-state index contributed by atoms with van der Waals surface area (Å²) in [5.74, 6) is -0.794. The summed E-state index contributed by atoms with van der Waals surface area (Å²) in [5.41, 5.74) is -0.794. The number of nitrogens with one attached hydrogen (secondary N) is 1. The molecule has 0 bridgehead atoms. The van der Waals surface area contributed by atoms with E-state index in [-0.39, 0.29) is 30.7 Å². The van der Waals surface area contributed by atoms with Crippen LogP contribution >= 0.6 is 0 Å². The number of carbonyl (C=O) groups is 4. The van der Waals surface area contributed by atoms with Crippen LogP contribution in [0.15, 0.2) is 35.7 Å². The fourth-order valence-corrected chi connectivity index (χ4v) is 4.64. The van der Waals surface area contributed by atoms with Crippen molar-refractivity contribution in [3.8, 4) is 5.75 Å². The van der Waals surface area contributed by atoms with Crippen LogP contribution in [0.3, 0.4) is 0 Å². The monoisotopic (exact) mass is 547 g/mol. The number of carbonyl (C=O) groups excluding carboxylic acids is 4. The molecule has 0 saturated carbocycles. The first kappa shape index (κ1) is 28.0. The van der Waals surface area contributed by atoms with Crippen LogP contribution in [-0.4, -0.2) is 75.8 Å². The first-order chi connectivity index (χ1) is 18.1. The highest BCUT2D eigenvalue weighted by Gasteiger charge is 2.65. The van der Waals surface area contributed by atoms with Crippen molar-refractivity contribution < 1.29 is 48.1 Å². The SMILES string of the molecule is CC(C)(C)OC(=O)OC1=C(COC(=O)Nc2ccc(O)cc2)C2CCN(OC(=O)OC(C)(C)C)[C@@H]3C(=O)N1[C@H]23. The van der Waals surface area contributed by atoms with Crippen LogP contribution < -0.4 is 5.32 Å². The molecule has 4 rings (SSSR count). The van der Waals surface area contributed by atoms with Gasteiger partial charge in [-0.2, -0.15) is 0 Å². The third kappa shape index (κ3) is 6.36. The van der Waals surface area contributed by atoms with E-state index in [9.17, 15) is 24.3 Å². The second kappa shape index (κ2) is 10.3. The quantitative estimate of drug-likeness (QED) is 0.239. The number of anilines is 1. The van der Waals surface area contributed by atoms with E-state index in [1.54, 1.807) is 41.5 Å². The highest BCUT2D eigenvalue weighted by atomic mass is 16.8. The minimum Gasteiger partial charge on any atom is -0.508 e. The van der Waals surface area contributed by atoms with Gasteiger partial charge in [-0.15, -0.1) is 5.06 Å². The lowest BCUT2D eigenvalue weighted by molar-refractivity contribution is -0.223. The van der Waals surface area contributed by atoms with Crippen molar-refractivity contribution in [2.45, 2.75) is 71.2 Å². The number of nitrogens with zero attached hydrogens (tertiary/aromatic N) is 2. The molecule has 0 aromatic heterocycles. The Morgan fingerprint density at radius 3 is 2.23 bits per heavy atom. The molecule has 2 N–H and O–H groups in total. The van der Waals surface area contributed by atoms with Crippen LogP contribution in [-0.2, 0) is 28.6 Å². The van der Waals surface area contributed by atoms with Gasteiger partial charge in [0.2, 0.25) is 5.88 Å². The molecule has 3 atom stereocenters. The Kier molecular flexibility index (Phi) is 7.39. The maximum Gasteiger partial charge on any atom is 0.528 e. The fraction of sp³-hybridized carbons (Fsp3) is 0.538. The molecule has 1 aromatic rings. The van der Waals surface area contributed by atoms with Gasteiger partial charge in [0.15, 0.2) is 0 Å². The molecule has 2 fully saturated rings. The van der Waals surface area contributed by atoms with Crippen molar-refractivity contribution >= 4 is 30.0 Å². The van der Waals surface area contributed by atoms with Crippen molar-refractivity contribution in [3.05, 3.63) is 35.7 Å². The van der Waals surface area contributed by atoms with E-state index in [0.717, 1.165) is 0 Å². The Balaban J connectivity index is 1.50. The zero-order chi connectivity index (χ0) is 28.7. The van der Waals surface area contributed by atoms with Crippen LogP contribution in [0.4, 0.5) is 20.1 Å². The Morgan fingerprint density at radius 1 is 1.00 bits per heavy atom. The number of hydroxylamine groups is 2. The lowest BCUT2D eigenvalue weighted by atomic mass is 9.79. The molecular formula is C26H33N3O10. The second-order valence-electron chi connectivity index (χ2n) is 11.4. The summed E-state index contributed by atoms with van der Waals surface area (Å²) in [6, 6.07) is 4.48. The van der Waals surface area contributed by atoms with Crippen LogP contribution in [0.25, 0.3) is 0 Å². The summed E-state index contributed by atoms with van der Waals surface area (Å²) in [6.45, 7) is 10.0. The molecule has 212 valence electrons. The van der Waals surface area contributed by atoms with Crippen molar-refractivity contribution in [2.75, 3.05) is 18.5 Å². The number of hydrogen-bond acceptors (Lipinski definition) is 11. The van der Waals surface area contributed by atoms with Crippen molar-refractivity contribution in [1.82, 2.24) is 9.96 Å². The van der Waals surface area contributed by atoms with Gasteiger partial charge in [0.25, 0.3) is 5.91 Å². The van der Waals surface area contributed by atoms with E-state index >= 15 is 0 Å². The van der Waals surface area contributed by atoms with E-state index < -0.39 is 47.6 Å². The highest BCUT2D eigenvalue weighted by molar-refractivity contribution is 5.93. The molecule has 13 nitrogen and oxygen atoms in total. The van der Waals surface area contributed by atoms with E-state index in [1.807, 2.05) is 0 Å². The largest absolute Gasteiger partial charge is 0.528 e. The lowest BCUT2D eigenvalue weighted by Crippen LogP contribution is -2.72. The molecule has 0 radical (unpaired) electrons. The van der Waals surface area contributed by atoms with Gasteiger partial charge < -0.3 is 28.9 Å². The van der Waals surface area contributed by atoms with Crippen LogP contribution in [0.1, 0.15) is 48.0 Å². The number of phenols is 1. The van der Waals surface area contributed by atoms with Gasteiger partial charge in [0.05, 0.1) is 6.04 Å². The second-order valence-corrected chi connectivity index (χ2v) is 11.4. The predicted octanol–water partition coefficient (Wildman–Crippen LogP) is 3.89. The van der Waals surface area contributed by atoms with Crippen LogP contribution in [0.2, 0.25) is 0 Å². The first-order valence-electron chi connectivity index (χ1n) is 12.5. The number of aromatic hydroxyl groups is 1. The number of phenolic OH excluding ortho intramolecular Hbond substituents is 1. The van der Waals surface area contributed by atoms with Gasteiger partial charge in [-0.25, -0.2) is 14.4 Å². The summed E-state index contributed by atoms with van der Waals surface area (Å²) in [4.78, 5) is 57.1. The van der Waals surface area contributed by atoms with Crippen molar-refractivity contribution in [2.24, 2.45) is 5.92 Å². The number of benzene rings is 1. The van der Waals surface area contributed by atoms with Gasteiger partial charge in [-0.1, -0.05) is 0 Å². The Bertz CT molecular complexity index is 1180. The zero-order valence-electron chi connectivity index (χ0n) is 22.7. The van der Waals surface area contributed by atoms with Gasteiger partial charge in [0.1, 0.15) is 29.6 Å². The average Bonchev–Trinajstić information content (AvgIpc) is 3.06. The molecule has 0 spiro atoms. The molecule has 1 unspecified atom stereocenters. The maximum atomic E-state index is 13.2. The Hall–Kier alpha value is -4.00. The number of ether oxygens (including phenoxy) is 4. The smallest absolute Gasteiger partial charge is 0.508 e. The third-order valence-corrected chi connectivity index (χ3v) is 6.06. The molecule has 0 aliphatic carbocycles.